The van der Waals surface area contributed by atoms with Gasteiger partial charge in [0.15, 0.2) is 0 Å². The van der Waals surface area contributed by atoms with E-state index in [0.29, 0.717) is 17.7 Å². The average molecular weight is 223 g/mol. The quantitative estimate of drug-likeness (QED) is 0.728. The Balaban J connectivity index is 2.74. The molecule has 1 aromatic rings. The highest BCUT2D eigenvalue weighted by atomic mass is 16.3. The van der Waals surface area contributed by atoms with Crippen molar-refractivity contribution in [1.82, 2.24) is 0 Å². The molecule has 0 bridgehead atoms. The number of carbonyl (C=O) groups is 1. The number of phenols is 1. The van der Waals surface area contributed by atoms with Gasteiger partial charge in [-0.1, -0.05) is 6.07 Å². The molecule has 0 heterocycles. The number of carbonyl (C=O) groups excluding carboxylic acids is 1. The van der Waals surface area contributed by atoms with E-state index in [1.165, 1.54) is 0 Å². The molecule has 0 fully saturated rings. The number of hydrogen-bond acceptors (Lipinski definition) is 3. The van der Waals surface area contributed by atoms with Crippen LogP contribution in [0.25, 0.3) is 0 Å². The van der Waals surface area contributed by atoms with Gasteiger partial charge in [-0.05, 0) is 31.9 Å². The van der Waals surface area contributed by atoms with Gasteiger partial charge in [-0.15, -0.1) is 0 Å². The van der Waals surface area contributed by atoms with Gasteiger partial charge in [0.05, 0.1) is 0 Å². The van der Waals surface area contributed by atoms with Crippen LogP contribution in [0.2, 0.25) is 0 Å². The molecular weight excluding hydrogens is 206 g/mol. The van der Waals surface area contributed by atoms with Gasteiger partial charge in [0.2, 0.25) is 5.91 Å². The van der Waals surface area contributed by atoms with Gasteiger partial charge in [0, 0.05) is 24.3 Å². The summed E-state index contributed by atoms with van der Waals surface area (Å²) in [7, 11) is 0. The highest BCUT2D eigenvalue weighted by Gasteiger charge is 2.08. The van der Waals surface area contributed by atoms with Crippen LogP contribution in [0.15, 0.2) is 12.1 Å². The van der Waals surface area contributed by atoms with E-state index in [0.717, 1.165) is 5.56 Å². The lowest BCUT2D eigenvalue weighted by molar-refractivity contribution is -0.116. The third-order valence-electron chi connectivity index (χ3n) is 2.47. The molecule has 4 heteroatoms. The molecule has 1 rings (SSSR count). The molecule has 4 nitrogen and oxygen atoms in total. The zero-order chi connectivity index (χ0) is 12.1. The minimum Gasteiger partial charge on any atom is -0.507 e. The van der Waals surface area contributed by atoms with Crippen LogP contribution in [-0.2, 0) is 4.79 Å². The summed E-state index contributed by atoms with van der Waals surface area (Å²) < 4.78 is 0. The highest BCUT2D eigenvalue weighted by Crippen LogP contribution is 2.28. The Kier molecular flexibility index (Phi) is 4.31. The molecule has 16 heavy (non-hydrogen) atoms. The average Bonchev–Trinajstić information content (AvgIpc) is 2.27. The van der Waals surface area contributed by atoms with Gasteiger partial charge in [-0.3, -0.25) is 4.79 Å². The Labute approximate surface area is 94.9 Å². The van der Waals surface area contributed by atoms with Crippen LogP contribution in [-0.4, -0.2) is 22.7 Å². The number of benzene rings is 1. The fraction of sp³-hybridized carbons (Fsp3) is 0.417. The molecule has 0 aliphatic heterocycles. The summed E-state index contributed by atoms with van der Waals surface area (Å²) in [5.41, 5.74) is 2.06. The lowest BCUT2D eigenvalue weighted by Gasteiger charge is -2.11. The van der Waals surface area contributed by atoms with Gasteiger partial charge < -0.3 is 15.5 Å². The van der Waals surface area contributed by atoms with Gasteiger partial charge in [-0.2, -0.15) is 0 Å². The standard InChI is InChI=1S/C12H17NO3/c1-8-5-6-10(9(2)12(8)16)13-11(15)4-3-7-14/h5-6,14,16H,3-4,7H2,1-2H3,(H,13,15). The molecule has 0 unspecified atom stereocenters. The number of aryl methyl sites for hydroxylation is 1. The summed E-state index contributed by atoms with van der Waals surface area (Å²) in [5.74, 6) is 0.0559. The number of amides is 1. The maximum Gasteiger partial charge on any atom is 0.224 e. The van der Waals surface area contributed by atoms with Crippen LogP contribution >= 0.6 is 0 Å². The molecular formula is C12H17NO3. The molecule has 0 spiro atoms. The summed E-state index contributed by atoms with van der Waals surface area (Å²) >= 11 is 0. The molecule has 0 saturated carbocycles. The first-order valence-corrected chi connectivity index (χ1v) is 5.26. The van der Waals surface area contributed by atoms with E-state index in [4.69, 9.17) is 5.11 Å². The fourth-order valence-electron chi connectivity index (χ4n) is 1.42. The van der Waals surface area contributed by atoms with Crippen molar-refractivity contribution >= 4 is 11.6 Å². The van der Waals surface area contributed by atoms with E-state index >= 15 is 0 Å². The van der Waals surface area contributed by atoms with E-state index < -0.39 is 0 Å². The third-order valence-corrected chi connectivity index (χ3v) is 2.47. The van der Waals surface area contributed by atoms with E-state index in [1.54, 1.807) is 26.0 Å². The minimum atomic E-state index is -0.152. The van der Waals surface area contributed by atoms with Crippen molar-refractivity contribution in [3.63, 3.8) is 0 Å². The Morgan fingerprint density at radius 2 is 2.06 bits per heavy atom. The largest absolute Gasteiger partial charge is 0.507 e. The maximum absolute atomic E-state index is 11.4. The van der Waals surface area contributed by atoms with Crippen molar-refractivity contribution < 1.29 is 15.0 Å². The Hall–Kier alpha value is -1.55. The van der Waals surface area contributed by atoms with Crippen LogP contribution in [0.3, 0.4) is 0 Å². The van der Waals surface area contributed by atoms with Crippen LogP contribution in [0.1, 0.15) is 24.0 Å². The molecule has 0 atom stereocenters. The monoisotopic (exact) mass is 223 g/mol. The van der Waals surface area contributed by atoms with Gasteiger partial charge in [-0.25, -0.2) is 0 Å². The number of aromatic hydroxyl groups is 1. The molecule has 0 saturated heterocycles. The van der Waals surface area contributed by atoms with E-state index in [1.807, 2.05) is 0 Å². The number of phenolic OH excluding ortho intramolecular Hbond substituents is 1. The zero-order valence-corrected chi connectivity index (χ0v) is 9.58. The van der Waals surface area contributed by atoms with E-state index in [-0.39, 0.29) is 24.7 Å². The highest BCUT2D eigenvalue weighted by molar-refractivity contribution is 5.91. The van der Waals surface area contributed by atoms with Crippen LogP contribution < -0.4 is 5.32 Å². The van der Waals surface area contributed by atoms with Gasteiger partial charge in [0.25, 0.3) is 0 Å². The number of hydrogen-bond donors (Lipinski definition) is 3. The lowest BCUT2D eigenvalue weighted by atomic mass is 10.1. The van der Waals surface area contributed by atoms with E-state index in [2.05, 4.69) is 5.32 Å². The van der Waals surface area contributed by atoms with Gasteiger partial charge >= 0.3 is 0 Å². The van der Waals surface area contributed by atoms with Crippen LogP contribution in [0.5, 0.6) is 5.75 Å². The van der Waals surface area contributed by atoms with Crippen molar-refractivity contribution in [3.8, 4) is 5.75 Å². The number of nitrogens with one attached hydrogen (secondary N) is 1. The lowest BCUT2D eigenvalue weighted by Crippen LogP contribution is -2.12. The normalized spacial score (nSPS) is 10.2. The number of aliphatic hydroxyl groups excluding tert-OH is 1. The Morgan fingerprint density at radius 1 is 1.38 bits per heavy atom. The van der Waals surface area contributed by atoms with Crippen molar-refractivity contribution in [2.45, 2.75) is 26.7 Å². The molecule has 0 aliphatic carbocycles. The second-order valence-electron chi connectivity index (χ2n) is 3.78. The van der Waals surface area contributed by atoms with Gasteiger partial charge in [0.1, 0.15) is 5.75 Å². The predicted octanol–water partition coefficient (Wildman–Crippen LogP) is 1.72. The SMILES string of the molecule is Cc1ccc(NC(=O)CCCO)c(C)c1O. The second-order valence-corrected chi connectivity index (χ2v) is 3.78. The number of anilines is 1. The van der Waals surface area contributed by atoms with Crippen molar-refractivity contribution in [3.05, 3.63) is 23.3 Å². The summed E-state index contributed by atoms with van der Waals surface area (Å²) in [4.78, 5) is 11.4. The summed E-state index contributed by atoms with van der Waals surface area (Å²) in [5, 5.41) is 21.0. The third kappa shape index (κ3) is 2.97. The smallest absolute Gasteiger partial charge is 0.224 e. The molecule has 3 N–H and O–H groups in total. The zero-order valence-electron chi connectivity index (χ0n) is 9.58. The Bertz CT molecular complexity index is 388. The number of rotatable bonds is 4. The molecule has 88 valence electrons. The van der Waals surface area contributed by atoms with Crippen molar-refractivity contribution in [1.29, 1.82) is 0 Å². The summed E-state index contributed by atoms with van der Waals surface area (Å²) in [6, 6.07) is 3.52. The molecule has 0 radical (unpaired) electrons. The molecule has 0 aliphatic rings. The first-order chi connectivity index (χ1) is 7.56. The maximum atomic E-state index is 11.4. The molecule has 1 aromatic carbocycles. The summed E-state index contributed by atoms with van der Waals surface area (Å²) in [6.45, 7) is 3.56. The molecule has 1 amide bonds. The van der Waals surface area contributed by atoms with Crippen LogP contribution in [0, 0.1) is 13.8 Å². The van der Waals surface area contributed by atoms with Crippen LogP contribution in [0.4, 0.5) is 5.69 Å². The first kappa shape index (κ1) is 12.5. The van der Waals surface area contributed by atoms with Crippen molar-refractivity contribution in [2.75, 3.05) is 11.9 Å². The topological polar surface area (TPSA) is 69.6 Å². The number of aliphatic hydroxyl groups is 1. The minimum absolute atomic E-state index is 0.00551. The second kappa shape index (κ2) is 5.51. The van der Waals surface area contributed by atoms with Crippen molar-refractivity contribution in [2.24, 2.45) is 0 Å². The first-order valence-electron chi connectivity index (χ1n) is 5.26. The fourth-order valence-corrected chi connectivity index (χ4v) is 1.42. The van der Waals surface area contributed by atoms with E-state index in [9.17, 15) is 9.90 Å². The molecule has 0 aromatic heterocycles. The predicted molar refractivity (Wildman–Crippen MR) is 62.5 cm³/mol. The Morgan fingerprint density at radius 3 is 2.69 bits per heavy atom. The summed E-state index contributed by atoms with van der Waals surface area (Å²) in [6.07, 6.45) is 0.729.